The van der Waals surface area contributed by atoms with Crippen molar-refractivity contribution >= 4 is 22.8 Å². The van der Waals surface area contributed by atoms with Crippen molar-refractivity contribution in [1.29, 1.82) is 0 Å². The number of rotatable bonds is 6. The number of thiazole rings is 1. The first-order chi connectivity index (χ1) is 8.40. The van der Waals surface area contributed by atoms with Gasteiger partial charge in [0.2, 0.25) is 0 Å². The molecule has 0 fully saturated rings. The lowest BCUT2D eigenvalue weighted by Gasteiger charge is -2.17. The first-order valence-corrected chi connectivity index (χ1v) is 7.39. The van der Waals surface area contributed by atoms with E-state index < -0.39 is 0 Å². The van der Waals surface area contributed by atoms with Crippen LogP contribution in [0.15, 0.2) is 0 Å². The number of carbonyl (C=O) groups is 1. The normalized spacial score (nSPS) is 11.6. The average Bonchev–Trinajstić information content (AvgIpc) is 2.73. The molecule has 0 bridgehead atoms. The molecule has 0 aliphatic rings. The third-order valence-electron chi connectivity index (χ3n) is 2.88. The summed E-state index contributed by atoms with van der Waals surface area (Å²) in [6.07, 6.45) is 4.57. The van der Waals surface area contributed by atoms with Crippen LogP contribution >= 0.6 is 11.3 Å². The molecule has 1 rings (SSSR count). The molecule has 3 nitrogen and oxygen atoms in total. The molecule has 0 unspecified atom stereocenters. The van der Waals surface area contributed by atoms with Gasteiger partial charge in [-0.25, -0.2) is 4.98 Å². The maximum atomic E-state index is 11.1. The van der Waals surface area contributed by atoms with Crippen LogP contribution in [0.3, 0.4) is 0 Å². The Bertz CT molecular complexity index is 393. The number of aromatic nitrogens is 1. The van der Waals surface area contributed by atoms with Crippen molar-refractivity contribution in [1.82, 2.24) is 4.98 Å². The molecule has 0 atom stereocenters. The van der Waals surface area contributed by atoms with E-state index in [9.17, 15) is 4.79 Å². The van der Waals surface area contributed by atoms with Crippen molar-refractivity contribution in [2.45, 2.75) is 52.4 Å². The Kier molecular flexibility index (Phi) is 5.32. The van der Waals surface area contributed by atoms with Gasteiger partial charge in [0.25, 0.3) is 0 Å². The third kappa shape index (κ3) is 3.80. The Hall–Kier alpha value is -0.900. The monoisotopic (exact) mass is 268 g/mol. The van der Waals surface area contributed by atoms with Gasteiger partial charge in [-0.05, 0) is 6.42 Å². The van der Waals surface area contributed by atoms with Crippen molar-refractivity contribution in [3.63, 3.8) is 0 Å². The van der Waals surface area contributed by atoms with Crippen LogP contribution in [-0.2, 0) is 5.41 Å². The number of aldehydes is 1. The van der Waals surface area contributed by atoms with E-state index in [1.54, 1.807) is 0 Å². The summed E-state index contributed by atoms with van der Waals surface area (Å²) in [5.41, 5.74) is 0.842. The zero-order chi connectivity index (χ0) is 13.8. The number of nitrogens with zero attached hydrogens (tertiary/aromatic N) is 2. The molecule has 4 heteroatoms. The van der Waals surface area contributed by atoms with E-state index >= 15 is 0 Å². The zero-order valence-corrected chi connectivity index (χ0v) is 12.9. The molecule has 0 amide bonds. The lowest BCUT2D eigenvalue weighted by molar-refractivity contribution is 0.112. The number of unbranched alkanes of at least 4 members (excludes halogenated alkanes) is 2. The third-order valence-corrected chi connectivity index (χ3v) is 3.98. The number of hydrogen-bond donors (Lipinski definition) is 0. The Morgan fingerprint density at radius 3 is 2.44 bits per heavy atom. The topological polar surface area (TPSA) is 33.2 Å². The fraction of sp³-hybridized carbons (Fsp3) is 0.714. The van der Waals surface area contributed by atoms with Crippen molar-refractivity contribution in [3.05, 3.63) is 10.6 Å². The molecule has 0 saturated heterocycles. The van der Waals surface area contributed by atoms with Gasteiger partial charge >= 0.3 is 0 Å². The number of hydrogen-bond acceptors (Lipinski definition) is 4. The Morgan fingerprint density at radius 1 is 1.33 bits per heavy atom. The second-order valence-electron chi connectivity index (χ2n) is 5.71. The molecule has 18 heavy (non-hydrogen) atoms. The highest BCUT2D eigenvalue weighted by molar-refractivity contribution is 7.17. The minimum absolute atomic E-state index is 0.0742. The molecular formula is C14H24N2OS. The highest BCUT2D eigenvalue weighted by atomic mass is 32.1. The lowest BCUT2D eigenvalue weighted by atomic mass is 9.91. The Balaban J connectivity index is 2.84. The second-order valence-corrected chi connectivity index (χ2v) is 6.71. The van der Waals surface area contributed by atoms with E-state index in [4.69, 9.17) is 0 Å². The van der Waals surface area contributed by atoms with Crippen molar-refractivity contribution in [2.75, 3.05) is 18.5 Å². The standard InChI is InChI=1S/C14H24N2OS/c1-6-7-8-9-16(5)13-15-12(14(2,3)4)11(10-17)18-13/h10H,6-9H2,1-5H3. The second kappa shape index (κ2) is 6.32. The molecule has 0 aromatic carbocycles. The van der Waals surface area contributed by atoms with Crippen LogP contribution in [0.5, 0.6) is 0 Å². The molecule has 0 spiro atoms. The van der Waals surface area contributed by atoms with Crippen LogP contribution in [0.4, 0.5) is 5.13 Å². The molecule has 0 saturated carbocycles. The summed E-state index contributed by atoms with van der Waals surface area (Å²) in [4.78, 5) is 18.7. The molecule has 0 radical (unpaired) electrons. The smallest absolute Gasteiger partial charge is 0.185 e. The van der Waals surface area contributed by atoms with E-state index in [1.807, 2.05) is 0 Å². The van der Waals surface area contributed by atoms with E-state index in [-0.39, 0.29) is 5.41 Å². The van der Waals surface area contributed by atoms with Crippen LogP contribution in [0, 0.1) is 0 Å². The summed E-state index contributed by atoms with van der Waals surface area (Å²) in [6.45, 7) is 9.48. The summed E-state index contributed by atoms with van der Waals surface area (Å²) in [5.74, 6) is 0. The largest absolute Gasteiger partial charge is 0.351 e. The van der Waals surface area contributed by atoms with Crippen LogP contribution in [0.1, 0.15) is 62.3 Å². The molecule has 1 heterocycles. The summed E-state index contributed by atoms with van der Waals surface area (Å²) < 4.78 is 0. The fourth-order valence-electron chi connectivity index (χ4n) is 1.80. The highest BCUT2D eigenvalue weighted by Gasteiger charge is 2.23. The van der Waals surface area contributed by atoms with Gasteiger partial charge in [0.05, 0.1) is 10.6 Å². The van der Waals surface area contributed by atoms with Crippen LogP contribution in [-0.4, -0.2) is 24.9 Å². The Morgan fingerprint density at radius 2 is 2.00 bits per heavy atom. The molecule has 0 N–H and O–H groups in total. The molecule has 0 aliphatic heterocycles. The minimum Gasteiger partial charge on any atom is -0.351 e. The predicted molar refractivity (Wildman–Crippen MR) is 79.0 cm³/mol. The SMILES string of the molecule is CCCCCN(C)c1nc(C(C)(C)C)c(C=O)s1. The molecule has 1 aromatic rings. The fourth-order valence-corrected chi connectivity index (χ4v) is 2.87. The maximum Gasteiger partial charge on any atom is 0.185 e. The van der Waals surface area contributed by atoms with Crippen LogP contribution in [0.2, 0.25) is 0 Å². The maximum absolute atomic E-state index is 11.1. The average molecular weight is 268 g/mol. The summed E-state index contributed by atoms with van der Waals surface area (Å²) >= 11 is 1.50. The first-order valence-electron chi connectivity index (χ1n) is 6.57. The van der Waals surface area contributed by atoms with Crippen molar-refractivity contribution in [3.8, 4) is 0 Å². The summed E-state index contributed by atoms with van der Waals surface area (Å²) in [7, 11) is 2.05. The van der Waals surface area contributed by atoms with E-state index in [1.165, 1.54) is 30.6 Å². The van der Waals surface area contributed by atoms with Gasteiger partial charge in [0.15, 0.2) is 11.4 Å². The zero-order valence-electron chi connectivity index (χ0n) is 12.1. The van der Waals surface area contributed by atoms with Crippen molar-refractivity contribution in [2.24, 2.45) is 0 Å². The van der Waals surface area contributed by atoms with Gasteiger partial charge in [0.1, 0.15) is 0 Å². The van der Waals surface area contributed by atoms with E-state index in [2.05, 4.69) is 44.6 Å². The predicted octanol–water partition coefficient (Wildman–Crippen LogP) is 3.88. The summed E-state index contributed by atoms with van der Waals surface area (Å²) in [6, 6.07) is 0. The quantitative estimate of drug-likeness (QED) is 0.580. The van der Waals surface area contributed by atoms with Gasteiger partial charge in [-0.15, -0.1) is 0 Å². The first kappa shape index (κ1) is 15.2. The molecule has 1 aromatic heterocycles. The molecule has 102 valence electrons. The Labute approximate surface area is 114 Å². The summed E-state index contributed by atoms with van der Waals surface area (Å²) in [5, 5.41) is 0.957. The molecular weight excluding hydrogens is 244 g/mol. The van der Waals surface area contributed by atoms with Gasteiger partial charge in [0, 0.05) is 19.0 Å². The van der Waals surface area contributed by atoms with Gasteiger partial charge in [-0.1, -0.05) is 51.9 Å². The van der Waals surface area contributed by atoms with Gasteiger partial charge in [-0.2, -0.15) is 0 Å². The minimum atomic E-state index is -0.0742. The lowest BCUT2D eigenvalue weighted by Crippen LogP contribution is -2.19. The van der Waals surface area contributed by atoms with Crippen molar-refractivity contribution < 1.29 is 4.79 Å². The highest BCUT2D eigenvalue weighted by Crippen LogP contribution is 2.32. The van der Waals surface area contributed by atoms with E-state index in [0.29, 0.717) is 0 Å². The van der Waals surface area contributed by atoms with Gasteiger partial charge in [-0.3, -0.25) is 4.79 Å². The van der Waals surface area contributed by atoms with Crippen LogP contribution < -0.4 is 4.90 Å². The van der Waals surface area contributed by atoms with Gasteiger partial charge < -0.3 is 4.90 Å². The van der Waals surface area contributed by atoms with E-state index in [0.717, 1.165) is 28.5 Å². The number of anilines is 1. The van der Waals surface area contributed by atoms with Crippen LogP contribution in [0.25, 0.3) is 0 Å². The number of carbonyl (C=O) groups excluding carboxylic acids is 1. The molecule has 0 aliphatic carbocycles.